The summed E-state index contributed by atoms with van der Waals surface area (Å²) in [5.41, 5.74) is 5.90. The third kappa shape index (κ3) is 4.97. The molecule has 1 aromatic heterocycles. The highest BCUT2D eigenvalue weighted by Gasteiger charge is 2.17. The molecule has 0 bridgehead atoms. The molecule has 3 aromatic rings. The fraction of sp³-hybridized carbons (Fsp3) is 0.360. The second kappa shape index (κ2) is 9.20. The van der Waals surface area contributed by atoms with Crippen LogP contribution < -0.4 is 10.2 Å². The van der Waals surface area contributed by atoms with E-state index in [9.17, 15) is 4.79 Å². The lowest BCUT2D eigenvalue weighted by Gasteiger charge is -2.34. The first-order valence-corrected chi connectivity index (χ1v) is 11.7. The van der Waals surface area contributed by atoms with Gasteiger partial charge in [-0.1, -0.05) is 38.1 Å². The van der Waals surface area contributed by atoms with Crippen molar-refractivity contribution in [3.8, 4) is 10.6 Å². The Balaban J connectivity index is 1.44. The fourth-order valence-corrected chi connectivity index (χ4v) is 4.56. The number of hydrogen-bond acceptors (Lipinski definition) is 5. The molecule has 1 aliphatic rings. The Kier molecular flexibility index (Phi) is 6.39. The molecule has 0 spiro atoms. The second-order valence-electron chi connectivity index (χ2n) is 8.56. The Labute approximate surface area is 188 Å². The van der Waals surface area contributed by atoms with Gasteiger partial charge < -0.3 is 15.1 Å². The maximum Gasteiger partial charge on any atom is 0.275 e. The third-order valence-electron chi connectivity index (χ3n) is 5.89. The van der Waals surface area contributed by atoms with E-state index >= 15 is 0 Å². The van der Waals surface area contributed by atoms with E-state index in [0.29, 0.717) is 11.6 Å². The van der Waals surface area contributed by atoms with Gasteiger partial charge in [0.25, 0.3) is 5.91 Å². The molecular weight excluding hydrogens is 404 g/mol. The van der Waals surface area contributed by atoms with Crippen molar-refractivity contribution in [1.29, 1.82) is 0 Å². The minimum absolute atomic E-state index is 0.170. The van der Waals surface area contributed by atoms with Crippen molar-refractivity contribution in [3.05, 3.63) is 64.7 Å². The number of carbonyl (C=O) groups excluding carboxylic acids is 1. The average Bonchev–Trinajstić information content (AvgIpc) is 3.26. The van der Waals surface area contributed by atoms with E-state index in [1.54, 1.807) is 0 Å². The topological polar surface area (TPSA) is 48.5 Å². The number of nitrogens with one attached hydrogen (secondary N) is 1. The van der Waals surface area contributed by atoms with Gasteiger partial charge >= 0.3 is 0 Å². The summed E-state index contributed by atoms with van der Waals surface area (Å²) in [6, 6.07) is 14.7. The van der Waals surface area contributed by atoms with Crippen molar-refractivity contribution in [1.82, 2.24) is 9.88 Å². The number of carbonyl (C=O) groups is 1. The predicted molar refractivity (Wildman–Crippen MR) is 130 cm³/mol. The van der Waals surface area contributed by atoms with Crippen LogP contribution in [0, 0.1) is 6.92 Å². The first-order valence-electron chi connectivity index (χ1n) is 10.8. The van der Waals surface area contributed by atoms with Crippen LogP contribution in [0.4, 0.5) is 11.4 Å². The largest absolute Gasteiger partial charge is 0.369 e. The van der Waals surface area contributed by atoms with Crippen LogP contribution in [0.3, 0.4) is 0 Å². The van der Waals surface area contributed by atoms with Gasteiger partial charge in [-0.3, -0.25) is 4.79 Å². The average molecular weight is 435 g/mol. The summed E-state index contributed by atoms with van der Waals surface area (Å²) < 4.78 is 0. The normalized spacial score (nSPS) is 14.8. The number of rotatable bonds is 5. The van der Waals surface area contributed by atoms with Gasteiger partial charge in [-0.05, 0) is 49.2 Å². The molecule has 1 fully saturated rings. The number of aryl methyl sites for hydroxylation is 1. The molecule has 5 nitrogen and oxygen atoms in total. The van der Waals surface area contributed by atoms with Gasteiger partial charge in [0.1, 0.15) is 10.7 Å². The van der Waals surface area contributed by atoms with Gasteiger partial charge in [0.2, 0.25) is 0 Å². The zero-order chi connectivity index (χ0) is 22.0. The minimum Gasteiger partial charge on any atom is -0.369 e. The minimum atomic E-state index is -0.170. The molecular formula is C25H30N4OS. The molecule has 0 radical (unpaired) electrons. The standard InChI is InChI=1S/C25H30N4OS/c1-17(2)19-5-7-20(8-6-19)25-27-23(16-31-25)24(30)26-22-10-9-21(15-18(22)3)29-13-11-28(4)12-14-29/h5-10,15-17H,11-14H2,1-4H3,(H,26,30). The summed E-state index contributed by atoms with van der Waals surface area (Å²) in [6.45, 7) is 10.6. The number of aromatic nitrogens is 1. The van der Waals surface area contributed by atoms with Crippen LogP contribution in [0.2, 0.25) is 0 Å². The molecule has 2 aromatic carbocycles. The zero-order valence-corrected chi connectivity index (χ0v) is 19.5. The smallest absolute Gasteiger partial charge is 0.275 e. The van der Waals surface area contributed by atoms with Crippen LogP contribution in [-0.2, 0) is 0 Å². The van der Waals surface area contributed by atoms with Crippen LogP contribution in [-0.4, -0.2) is 49.0 Å². The number of likely N-dealkylation sites (N-methyl/N-ethyl adjacent to an activating group) is 1. The van der Waals surface area contributed by atoms with Gasteiger partial charge in [-0.15, -0.1) is 11.3 Å². The van der Waals surface area contributed by atoms with Crippen molar-refractivity contribution >= 4 is 28.6 Å². The lowest BCUT2D eigenvalue weighted by molar-refractivity contribution is 0.102. The maximum absolute atomic E-state index is 12.8. The van der Waals surface area contributed by atoms with E-state index in [2.05, 4.69) is 77.4 Å². The molecule has 0 aliphatic carbocycles. The van der Waals surface area contributed by atoms with Crippen molar-refractivity contribution in [2.75, 3.05) is 43.4 Å². The van der Waals surface area contributed by atoms with Crippen LogP contribution in [0.1, 0.15) is 41.4 Å². The Morgan fingerprint density at radius 1 is 1.06 bits per heavy atom. The van der Waals surface area contributed by atoms with Gasteiger partial charge in [0.05, 0.1) is 0 Å². The van der Waals surface area contributed by atoms with Crippen LogP contribution in [0.15, 0.2) is 47.8 Å². The van der Waals surface area contributed by atoms with Crippen molar-refractivity contribution < 1.29 is 4.79 Å². The highest BCUT2D eigenvalue weighted by atomic mass is 32.1. The maximum atomic E-state index is 12.8. The van der Waals surface area contributed by atoms with E-state index in [1.807, 2.05) is 18.4 Å². The molecule has 0 unspecified atom stereocenters. The van der Waals surface area contributed by atoms with Gasteiger partial charge in [0, 0.05) is 48.5 Å². The van der Waals surface area contributed by atoms with Crippen molar-refractivity contribution in [2.45, 2.75) is 26.7 Å². The van der Waals surface area contributed by atoms with E-state index in [0.717, 1.165) is 48.0 Å². The third-order valence-corrected chi connectivity index (χ3v) is 6.78. The molecule has 0 atom stereocenters. The Hall–Kier alpha value is -2.70. The van der Waals surface area contributed by atoms with Crippen LogP contribution in [0.25, 0.3) is 10.6 Å². The van der Waals surface area contributed by atoms with Crippen molar-refractivity contribution in [3.63, 3.8) is 0 Å². The summed E-state index contributed by atoms with van der Waals surface area (Å²) in [6.07, 6.45) is 0. The molecule has 1 amide bonds. The van der Waals surface area contributed by atoms with E-state index in [1.165, 1.54) is 22.6 Å². The summed E-state index contributed by atoms with van der Waals surface area (Å²) in [4.78, 5) is 22.1. The lowest BCUT2D eigenvalue weighted by atomic mass is 10.0. The summed E-state index contributed by atoms with van der Waals surface area (Å²) >= 11 is 1.50. The summed E-state index contributed by atoms with van der Waals surface area (Å²) in [5, 5.41) is 5.72. The molecule has 6 heteroatoms. The molecule has 31 heavy (non-hydrogen) atoms. The number of amides is 1. The number of hydrogen-bond donors (Lipinski definition) is 1. The molecule has 4 rings (SSSR count). The second-order valence-corrected chi connectivity index (χ2v) is 9.42. The highest BCUT2D eigenvalue weighted by Crippen LogP contribution is 2.27. The van der Waals surface area contributed by atoms with Crippen LogP contribution in [0.5, 0.6) is 0 Å². The van der Waals surface area contributed by atoms with Gasteiger partial charge in [0.15, 0.2) is 0 Å². The first kappa shape index (κ1) is 21.5. The van der Waals surface area contributed by atoms with E-state index < -0.39 is 0 Å². The molecule has 162 valence electrons. The Morgan fingerprint density at radius 2 is 1.77 bits per heavy atom. The fourth-order valence-electron chi connectivity index (χ4n) is 3.76. The lowest BCUT2D eigenvalue weighted by Crippen LogP contribution is -2.44. The molecule has 1 aliphatic heterocycles. The zero-order valence-electron chi connectivity index (χ0n) is 18.7. The highest BCUT2D eigenvalue weighted by molar-refractivity contribution is 7.13. The SMILES string of the molecule is Cc1cc(N2CCN(C)CC2)ccc1NC(=O)c1csc(-c2ccc(C(C)C)cc2)n1. The number of benzene rings is 2. The Bertz CT molecular complexity index is 1050. The first-order chi connectivity index (χ1) is 14.9. The molecule has 1 saturated heterocycles. The van der Waals surface area contributed by atoms with Gasteiger partial charge in [-0.2, -0.15) is 0 Å². The monoisotopic (exact) mass is 434 g/mol. The van der Waals surface area contributed by atoms with E-state index in [-0.39, 0.29) is 5.91 Å². The van der Waals surface area contributed by atoms with Gasteiger partial charge in [-0.25, -0.2) is 4.98 Å². The summed E-state index contributed by atoms with van der Waals surface area (Å²) in [5.74, 6) is 0.328. The van der Waals surface area contributed by atoms with Crippen molar-refractivity contribution in [2.24, 2.45) is 0 Å². The molecule has 2 heterocycles. The summed E-state index contributed by atoms with van der Waals surface area (Å²) in [7, 11) is 2.16. The Morgan fingerprint density at radius 3 is 2.42 bits per heavy atom. The number of anilines is 2. The predicted octanol–water partition coefficient (Wildman–Crippen LogP) is 5.25. The number of nitrogens with zero attached hydrogens (tertiary/aromatic N) is 3. The number of thiazole rings is 1. The number of piperazine rings is 1. The molecule has 1 N–H and O–H groups in total. The van der Waals surface area contributed by atoms with Crippen LogP contribution >= 0.6 is 11.3 Å². The molecule has 0 saturated carbocycles. The van der Waals surface area contributed by atoms with E-state index in [4.69, 9.17) is 0 Å². The quantitative estimate of drug-likeness (QED) is 0.596.